The number of hydrogen-bond acceptors (Lipinski definition) is 7. The monoisotopic (exact) mass is 397 g/mol. The number of rotatable bonds is 6. The average Bonchev–Trinajstić information content (AvgIpc) is 3.13. The standard InChI is InChI=1S/C21H27N5O3/c1-15-11-17-21(22-5-6-26(17)23-15)25-9-7-24(8-10-25)14-16-12-18(27-2)20(29-4)19(13-16)28-3/h5-6,11-13H,7-10,14H2,1-4H3. The molecule has 1 fully saturated rings. The first-order chi connectivity index (χ1) is 14.1. The Hall–Kier alpha value is -3.00. The normalized spacial score (nSPS) is 15.0. The molecule has 8 heteroatoms. The summed E-state index contributed by atoms with van der Waals surface area (Å²) in [5.41, 5.74) is 3.20. The van der Waals surface area contributed by atoms with Crippen LogP contribution < -0.4 is 19.1 Å². The zero-order valence-electron chi connectivity index (χ0n) is 17.4. The molecule has 2 aromatic heterocycles. The Morgan fingerprint density at radius 1 is 0.931 bits per heavy atom. The smallest absolute Gasteiger partial charge is 0.203 e. The van der Waals surface area contributed by atoms with E-state index in [-0.39, 0.29) is 0 Å². The Labute approximate surface area is 170 Å². The SMILES string of the molecule is COc1cc(CN2CCN(c3nccn4nc(C)cc34)CC2)cc(OC)c1OC. The van der Waals surface area contributed by atoms with Crippen LogP contribution in [0.25, 0.3) is 5.52 Å². The van der Waals surface area contributed by atoms with Gasteiger partial charge >= 0.3 is 0 Å². The fraction of sp³-hybridized carbons (Fsp3) is 0.429. The van der Waals surface area contributed by atoms with Gasteiger partial charge in [0.1, 0.15) is 5.52 Å². The van der Waals surface area contributed by atoms with Crippen molar-refractivity contribution in [2.45, 2.75) is 13.5 Å². The Kier molecular flexibility index (Phi) is 5.44. The number of fused-ring (bicyclic) bond motifs is 1. The van der Waals surface area contributed by atoms with E-state index in [1.54, 1.807) is 21.3 Å². The van der Waals surface area contributed by atoms with Crippen LogP contribution in [0.1, 0.15) is 11.3 Å². The number of piperazine rings is 1. The van der Waals surface area contributed by atoms with Crippen molar-refractivity contribution in [3.05, 3.63) is 41.9 Å². The van der Waals surface area contributed by atoms with Crippen LogP contribution in [-0.4, -0.2) is 67.0 Å². The molecule has 4 rings (SSSR count). The highest BCUT2D eigenvalue weighted by Gasteiger charge is 2.22. The number of aromatic nitrogens is 3. The van der Waals surface area contributed by atoms with Crippen molar-refractivity contribution in [1.29, 1.82) is 0 Å². The Balaban J connectivity index is 1.46. The average molecular weight is 397 g/mol. The molecule has 1 aromatic carbocycles. The van der Waals surface area contributed by atoms with Crippen molar-refractivity contribution in [3.8, 4) is 17.2 Å². The maximum absolute atomic E-state index is 5.48. The second-order valence-electron chi connectivity index (χ2n) is 7.16. The van der Waals surface area contributed by atoms with Gasteiger partial charge in [-0.1, -0.05) is 0 Å². The molecular formula is C21H27N5O3. The summed E-state index contributed by atoms with van der Waals surface area (Å²) in [4.78, 5) is 9.38. The van der Waals surface area contributed by atoms with E-state index in [0.717, 1.165) is 55.3 Å². The highest BCUT2D eigenvalue weighted by molar-refractivity contribution is 5.69. The molecule has 3 heterocycles. The molecular weight excluding hydrogens is 370 g/mol. The van der Waals surface area contributed by atoms with E-state index in [1.807, 2.05) is 36.0 Å². The highest BCUT2D eigenvalue weighted by atomic mass is 16.5. The maximum atomic E-state index is 5.48. The van der Waals surface area contributed by atoms with Crippen molar-refractivity contribution in [3.63, 3.8) is 0 Å². The predicted molar refractivity (Wildman–Crippen MR) is 111 cm³/mol. The lowest BCUT2D eigenvalue weighted by Crippen LogP contribution is -2.46. The number of aryl methyl sites for hydroxylation is 1. The van der Waals surface area contributed by atoms with Gasteiger partial charge in [-0.05, 0) is 30.7 Å². The summed E-state index contributed by atoms with van der Waals surface area (Å²) in [5, 5.41) is 4.49. The van der Waals surface area contributed by atoms with Crippen molar-refractivity contribution in [2.75, 3.05) is 52.4 Å². The van der Waals surface area contributed by atoms with E-state index in [9.17, 15) is 0 Å². The molecule has 0 amide bonds. The largest absolute Gasteiger partial charge is 0.493 e. The van der Waals surface area contributed by atoms with Gasteiger partial charge < -0.3 is 19.1 Å². The van der Waals surface area contributed by atoms with E-state index in [0.29, 0.717) is 17.2 Å². The lowest BCUT2D eigenvalue weighted by molar-refractivity contribution is 0.248. The summed E-state index contributed by atoms with van der Waals surface area (Å²) in [6, 6.07) is 6.13. The molecule has 0 N–H and O–H groups in total. The molecule has 154 valence electrons. The number of anilines is 1. The van der Waals surface area contributed by atoms with Crippen LogP contribution in [-0.2, 0) is 6.54 Å². The molecule has 0 saturated carbocycles. The van der Waals surface area contributed by atoms with Crippen molar-refractivity contribution in [1.82, 2.24) is 19.5 Å². The van der Waals surface area contributed by atoms with Gasteiger partial charge in [-0.3, -0.25) is 4.90 Å². The van der Waals surface area contributed by atoms with E-state index >= 15 is 0 Å². The fourth-order valence-electron chi connectivity index (χ4n) is 3.88. The molecule has 0 bridgehead atoms. The lowest BCUT2D eigenvalue weighted by Gasteiger charge is -2.35. The van der Waals surface area contributed by atoms with Gasteiger partial charge in [0.2, 0.25) is 5.75 Å². The second-order valence-corrected chi connectivity index (χ2v) is 7.16. The minimum absolute atomic E-state index is 0.624. The van der Waals surface area contributed by atoms with Gasteiger partial charge in [0.05, 0.1) is 27.0 Å². The molecule has 1 aliphatic rings. The number of methoxy groups -OCH3 is 3. The van der Waals surface area contributed by atoms with Gasteiger partial charge in [0.25, 0.3) is 0 Å². The molecule has 1 aliphatic heterocycles. The molecule has 0 unspecified atom stereocenters. The van der Waals surface area contributed by atoms with Crippen molar-refractivity contribution < 1.29 is 14.2 Å². The van der Waals surface area contributed by atoms with Gasteiger partial charge in [-0.2, -0.15) is 5.10 Å². The number of ether oxygens (including phenoxy) is 3. The zero-order chi connectivity index (χ0) is 20.4. The molecule has 29 heavy (non-hydrogen) atoms. The first-order valence-corrected chi connectivity index (χ1v) is 9.70. The fourth-order valence-corrected chi connectivity index (χ4v) is 3.88. The minimum Gasteiger partial charge on any atom is -0.493 e. The van der Waals surface area contributed by atoms with Crippen LogP contribution in [0.3, 0.4) is 0 Å². The summed E-state index contributed by atoms with van der Waals surface area (Å²) in [6.45, 7) is 6.57. The van der Waals surface area contributed by atoms with Gasteiger partial charge in [0.15, 0.2) is 17.3 Å². The van der Waals surface area contributed by atoms with Crippen molar-refractivity contribution in [2.24, 2.45) is 0 Å². The summed E-state index contributed by atoms with van der Waals surface area (Å²) in [6.07, 6.45) is 3.71. The van der Waals surface area contributed by atoms with Gasteiger partial charge in [-0.15, -0.1) is 0 Å². The predicted octanol–water partition coefficient (Wildman–Crippen LogP) is 2.39. The third-order valence-corrected chi connectivity index (χ3v) is 5.29. The van der Waals surface area contributed by atoms with E-state index in [4.69, 9.17) is 14.2 Å². The molecule has 3 aromatic rings. The summed E-state index contributed by atoms with van der Waals surface area (Å²) < 4.78 is 18.3. The Morgan fingerprint density at radius 3 is 2.24 bits per heavy atom. The third-order valence-electron chi connectivity index (χ3n) is 5.29. The van der Waals surface area contributed by atoms with Crippen LogP contribution >= 0.6 is 0 Å². The van der Waals surface area contributed by atoms with E-state index < -0.39 is 0 Å². The summed E-state index contributed by atoms with van der Waals surface area (Å²) >= 11 is 0. The molecule has 1 saturated heterocycles. The second kappa shape index (κ2) is 8.16. The van der Waals surface area contributed by atoms with E-state index in [1.165, 1.54) is 0 Å². The Bertz CT molecular complexity index is 970. The molecule has 0 radical (unpaired) electrons. The molecule has 0 aliphatic carbocycles. The molecule has 0 atom stereocenters. The number of nitrogens with zero attached hydrogens (tertiary/aromatic N) is 5. The van der Waals surface area contributed by atoms with Crippen LogP contribution in [0.4, 0.5) is 5.82 Å². The van der Waals surface area contributed by atoms with Crippen LogP contribution in [0, 0.1) is 6.92 Å². The first kappa shape index (κ1) is 19.3. The minimum atomic E-state index is 0.624. The maximum Gasteiger partial charge on any atom is 0.203 e. The van der Waals surface area contributed by atoms with Crippen LogP contribution in [0.5, 0.6) is 17.2 Å². The molecule has 0 spiro atoms. The topological polar surface area (TPSA) is 64.4 Å². The number of hydrogen-bond donors (Lipinski definition) is 0. The van der Waals surface area contributed by atoms with E-state index in [2.05, 4.69) is 25.9 Å². The summed E-state index contributed by atoms with van der Waals surface area (Å²) in [7, 11) is 4.91. The highest BCUT2D eigenvalue weighted by Crippen LogP contribution is 2.38. The van der Waals surface area contributed by atoms with Gasteiger partial charge in [0, 0.05) is 45.1 Å². The van der Waals surface area contributed by atoms with Crippen LogP contribution in [0.15, 0.2) is 30.6 Å². The zero-order valence-corrected chi connectivity index (χ0v) is 17.4. The third kappa shape index (κ3) is 3.80. The first-order valence-electron chi connectivity index (χ1n) is 9.70. The van der Waals surface area contributed by atoms with Crippen LogP contribution in [0.2, 0.25) is 0 Å². The molecule has 8 nitrogen and oxygen atoms in total. The summed E-state index contributed by atoms with van der Waals surface area (Å²) in [5.74, 6) is 3.00. The van der Waals surface area contributed by atoms with Gasteiger partial charge in [-0.25, -0.2) is 9.50 Å². The van der Waals surface area contributed by atoms with Crippen molar-refractivity contribution >= 4 is 11.3 Å². The lowest BCUT2D eigenvalue weighted by atomic mass is 10.1. The quantitative estimate of drug-likeness (QED) is 0.633. The Morgan fingerprint density at radius 2 is 1.62 bits per heavy atom. The number of benzene rings is 1.